The molecule has 0 bridgehead atoms. The Bertz CT molecular complexity index is 256. The number of hydrogen-bond donors (Lipinski definition) is 0. The van der Waals surface area contributed by atoms with E-state index in [-0.39, 0.29) is 0 Å². The summed E-state index contributed by atoms with van der Waals surface area (Å²) in [7, 11) is 2.89. The molecule has 0 aliphatic carbocycles. The molecule has 0 rings (SSSR count). The maximum atomic E-state index is 12.1. The van der Waals surface area contributed by atoms with Gasteiger partial charge >= 0.3 is 11.9 Å². The van der Waals surface area contributed by atoms with E-state index in [2.05, 4.69) is 0 Å². The van der Waals surface area contributed by atoms with Gasteiger partial charge in [-0.3, -0.25) is 0 Å². The number of ether oxygens (including phenoxy) is 3. The second-order valence-corrected chi connectivity index (χ2v) is 4.49. The molecule has 0 aromatic carbocycles. The van der Waals surface area contributed by atoms with E-state index in [9.17, 15) is 9.59 Å². The van der Waals surface area contributed by atoms with Gasteiger partial charge in [0.25, 0.3) is 0 Å². The van der Waals surface area contributed by atoms with Crippen LogP contribution in [0.4, 0.5) is 0 Å². The highest BCUT2D eigenvalue weighted by atomic mass is 16.6. The second kappa shape index (κ2) is 7.60. The molecule has 0 aromatic heterocycles. The molecule has 19 heavy (non-hydrogen) atoms. The van der Waals surface area contributed by atoms with Crippen molar-refractivity contribution in [3.63, 3.8) is 0 Å². The Labute approximate surface area is 115 Å². The van der Waals surface area contributed by atoms with E-state index < -0.39 is 23.1 Å². The lowest BCUT2D eigenvalue weighted by Gasteiger charge is -2.31. The predicted octanol–water partition coefficient (Wildman–Crippen LogP) is 2.47. The molecule has 5 heteroatoms. The number of carbonyl (C=O) groups is 2. The summed E-state index contributed by atoms with van der Waals surface area (Å²) in [6, 6.07) is 0. The Morgan fingerprint density at radius 1 is 0.737 bits per heavy atom. The molecule has 5 nitrogen and oxygen atoms in total. The molecule has 0 fully saturated rings. The van der Waals surface area contributed by atoms with Crippen molar-refractivity contribution in [1.82, 2.24) is 0 Å². The molecule has 0 N–H and O–H groups in total. The van der Waals surface area contributed by atoms with Crippen LogP contribution in [0.3, 0.4) is 0 Å². The first kappa shape index (κ1) is 18.1. The molecule has 0 spiro atoms. The van der Waals surface area contributed by atoms with Crippen LogP contribution in [-0.4, -0.2) is 37.4 Å². The van der Waals surface area contributed by atoms with Crippen LogP contribution in [-0.2, 0) is 23.8 Å². The fourth-order valence-electron chi connectivity index (χ4n) is 2.09. The summed E-state index contributed by atoms with van der Waals surface area (Å²) in [5.41, 5.74) is -2.12. The lowest BCUT2D eigenvalue weighted by Crippen LogP contribution is -2.47. The van der Waals surface area contributed by atoms with Crippen LogP contribution < -0.4 is 0 Å². The number of rotatable bonds is 8. The smallest absolute Gasteiger partial charge is 0.346 e. The first-order valence-electron chi connectivity index (χ1n) is 6.78. The van der Waals surface area contributed by atoms with Crippen molar-refractivity contribution in [3.8, 4) is 0 Å². The van der Waals surface area contributed by atoms with Gasteiger partial charge in [-0.1, -0.05) is 27.7 Å². The first-order valence-corrected chi connectivity index (χ1v) is 6.78. The van der Waals surface area contributed by atoms with Gasteiger partial charge in [-0.15, -0.1) is 0 Å². The van der Waals surface area contributed by atoms with E-state index in [1.807, 2.05) is 27.7 Å². The van der Waals surface area contributed by atoms with E-state index in [4.69, 9.17) is 14.2 Å². The quantitative estimate of drug-likeness (QED) is 0.502. The van der Waals surface area contributed by atoms with Crippen LogP contribution in [0.2, 0.25) is 0 Å². The Morgan fingerprint density at radius 2 is 1.00 bits per heavy atom. The maximum absolute atomic E-state index is 12.1. The van der Waals surface area contributed by atoms with Crippen molar-refractivity contribution in [1.29, 1.82) is 0 Å². The third kappa shape index (κ3) is 3.54. The molecule has 0 amide bonds. The standard InChI is InChI=1S/C14H26O5/c1-7-13(8-2,17-5)11(15)19-12(16)14(9-3,10-4)18-6/h7-10H2,1-6H3. The van der Waals surface area contributed by atoms with Crippen molar-refractivity contribution in [2.45, 2.75) is 64.6 Å². The van der Waals surface area contributed by atoms with Gasteiger partial charge in [0.1, 0.15) is 0 Å². The summed E-state index contributed by atoms with van der Waals surface area (Å²) >= 11 is 0. The van der Waals surface area contributed by atoms with E-state index in [0.717, 1.165) is 0 Å². The fraction of sp³-hybridized carbons (Fsp3) is 0.857. The predicted molar refractivity (Wildman–Crippen MR) is 71.7 cm³/mol. The molecule has 0 atom stereocenters. The minimum absolute atomic E-state index is 0.449. The number of hydrogen-bond acceptors (Lipinski definition) is 5. The van der Waals surface area contributed by atoms with Crippen molar-refractivity contribution < 1.29 is 23.8 Å². The van der Waals surface area contributed by atoms with Crippen LogP contribution in [0, 0.1) is 0 Å². The minimum Gasteiger partial charge on any atom is -0.389 e. The highest BCUT2D eigenvalue weighted by Crippen LogP contribution is 2.26. The Morgan fingerprint density at radius 3 is 1.16 bits per heavy atom. The molecule has 0 aliphatic rings. The average molecular weight is 274 g/mol. The molecule has 0 saturated heterocycles. The monoisotopic (exact) mass is 274 g/mol. The van der Waals surface area contributed by atoms with Gasteiger partial charge in [0.2, 0.25) is 0 Å². The SMILES string of the molecule is CCC(CC)(OC)C(=O)OC(=O)C(CC)(CC)OC. The van der Waals surface area contributed by atoms with Crippen LogP contribution in [0.1, 0.15) is 53.4 Å². The number of methoxy groups -OCH3 is 2. The van der Waals surface area contributed by atoms with E-state index in [0.29, 0.717) is 25.7 Å². The topological polar surface area (TPSA) is 61.8 Å². The zero-order chi connectivity index (χ0) is 15.1. The molecule has 0 aliphatic heterocycles. The van der Waals surface area contributed by atoms with Gasteiger partial charge in [0.15, 0.2) is 11.2 Å². The van der Waals surface area contributed by atoms with Crippen molar-refractivity contribution in [3.05, 3.63) is 0 Å². The highest BCUT2D eigenvalue weighted by molar-refractivity contribution is 5.94. The van der Waals surface area contributed by atoms with Gasteiger partial charge < -0.3 is 14.2 Å². The van der Waals surface area contributed by atoms with Gasteiger partial charge in [-0.25, -0.2) is 9.59 Å². The summed E-state index contributed by atoms with van der Waals surface area (Å²) in [6.07, 6.45) is 1.80. The van der Waals surface area contributed by atoms with Crippen molar-refractivity contribution in [2.75, 3.05) is 14.2 Å². The molecule has 112 valence electrons. The molecule has 0 radical (unpaired) electrons. The van der Waals surface area contributed by atoms with E-state index in [1.54, 1.807) is 0 Å². The molecular formula is C14H26O5. The van der Waals surface area contributed by atoms with Gasteiger partial charge in [-0.2, -0.15) is 0 Å². The van der Waals surface area contributed by atoms with E-state index >= 15 is 0 Å². The average Bonchev–Trinajstić information content (AvgIpc) is 2.44. The lowest BCUT2D eigenvalue weighted by molar-refractivity contribution is -0.190. The van der Waals surface area contributed by atoms with Crippen LogP contribution in [0.15, 0.2) is 0 Å². The van der Waals surface area contributed by atoms with E-state index in [1.165, 1.54) is 14.2 Å². The Kier molecular flexibility index (Phi) is 7.23. The molecular weight excluding hydrogens is 248 g/mol. The zero-order valence-corrected chi connectivity index (χ0v) is 12.9. The largest absolute Gasteiger partial charge is 0.389 e. The normalized spacial score (nSPS) is 12.3. The molecule has 0 saturated carbocycles. The van der Waals surface area contributed by atoms with Gasteiger partial charge in [0.05, 0.1) is 0 Å². The van der Waals surface area contributed by atoms with Crippen LogP contribution in [0.25, 0.3) is 0 Å². The Balaban J connectivity index is 5.04. The summed E-state index contributed by atoms with van der Waals surface area (Å²) in [6.45, 7) is 7.29. The van der Waals surface area contributed by atoms with Crippen LogP contribution >= 0.6 is 0 Å². The molecule has 0 aromatic rings. The second-order valence-electron chi connectivity index (χ2n) is 4.49. The van der Waals surface area contributed by atoms with Crippen LogP contribution in [0.5, 0.6) is 0 Å². The Hall–Kier alpha value is -0.940. The van der Waals surface area contributed by atoms with Gasteiger partial charge in [0, 0.05) is 14.2 Å². The summed E-state index contributed by atoms with van der Waals surface area (Å²) in [4.78, 5) is 24.3. The fourth-order valence-corrected chi connectivity index (χ4v) is 2.09. The molecule has 0 heterocycles. The summed E-state index contributed by atoms with van der Waals surface area (Å²) < 4.78 is 15.5. The third-order valence-corrected chi connectivity index (χ3v) is 4.00. The number of esters is 2. The van der Waals surface area contributed by atoms with Crippen molar-refractivity contribution >= 4 is 11.9 Å². The first-order chi connectivity index (χ1) is 8.91. The lowest BCUT2D eigenvalue weighted by atomic mass is 9.95. The zero-order valence-electron chi connectivity index (χ0n) is 12.9. The minimum atomic E-state index is -1.06. The third-order valence-electron chi connectivity index (χ3n) is 4.00. The maximum Gasteiger partial charge on any atom is 0.346 e. The van der Waals surface area contributed by atoms with Crippen molar-refractivity contribution in [2.24, 2.45) is 0 Å². The van der Waals surface area contributed by atoms with Gasteiger partial charge in [-0.05, 0) is 25.7 Å². The summed E-state index contributed by atoms with van der Waals surface area (Å²) in [5, 5.41) is 0. The number of carbonyl (C=O) groups excluding carboxylic acids is 2. The summed E-state index contributed by atoms with van der Waals surface area (Å²) in [5.74, 6) is -1.29. The highest BCUT2D eigenvalue weighted by Gasteiger charge is 2.43. The molecule has 0 unspecified atom stereocenters.